The molecule has 0 bridgehead atoms. The van der Waals surface area contributed by atoms with Gasteiger partial charge in [-0.05, 0) is 31.4 Å². The average Bonchev–Trinajstić information content (AvgIpc) is 2.77. The molecule has 1 aromatic rings. The van der Waals surface area contributed by atoms with Gasteiger partial charge in [0.1, 0.15) is 5.75 Å². The second-order valence-corrected chi connectivity index (χ2v) is 4.22. The molecule has 0 aromatic heterocycles. The summed E-state index contributed by atoms with van der Waals surface area (Å²) in [6.45, 7) is 2.91. The van der Waals surface area contributed by atoms with Crippen molar-refractivity contribution >= 4 is 5.91 Å². The number of para-hydroxylation sites is 1. The second kappa shape index (κ2) is 4.56. The normalized spacial score (nSPS) is 20.1. The maximum atomic E-state index is 12.2. The van der Waals surface area contributed by atoms with Gasteiger partial charge in [-0.3, -0.25) is 4.79 Å². The quantitative estimate of drug-likeness (QED) is 0.829. The van der Waals surface area contributed by atoms with Gasteiger partial charge in [0.2, 0.25) is 0 Å². The van der Waals surface area contributed by atoms with E-state index in [1.165, 1.54) is 0 Å². The van der Waals surface area contributed by atoms with Gasteiger partial charge in [-0.15, -0.1) is 0 Å². The molecule has 3 heteroatoms. The van der Waals surface area contributed by atoms with E-state index in [4.69, 9.17) is 0 Å². The number of carbonyl (C=O) groups is 1. The molecule has 1 amide bonds. The van der Waals surface area contributed by atoms with E-state index in [2.05, 4.69) is 6.92 Å². The summed E-state index contributed by atoms with van der Waals surface area (Å²) in [6, 6.07) is 7.09. The van der Waals surface area contributed by atoms with Crippen LogP contribution in [0.4, 0.5) is 0 Å². The van der Waals surface area contributed by atoms with Crippen molar-refractivity contribution in [3.63, 3.8) is 0 Å². The van der Waals surface area contributed by atoms with Crippen molar-refractivity contribution in [1.29, 1.82) is 0 Å². The van der Waals surface area contributed by atoms with Gasteiger partial charge in [0.25, 0.3) is 5.91 Å². The molecule has 0 spiro atoms. The molecule has 3 nitrogen and oxygen atoms in total. The molecular weight excluding hydrogens is 202 g/mol. The summed E-state index contributed by atoms with van der Waals surface area (Å²) in [5, 5.41) is 9.65. The van der Waals surface area contributed by atoms with Crippen LogP contribution in [0.5, 0.6) is 5.75 Å². The van der Waals surface area contributed by atoms with E-state index in [9.17, 15) is 9.90 Å². The van der Waals surface area contributed by atoms with Crippen molar-refractivity contribution in [2.45, 2.75) is 32.2 Å². The summed E-state index contributed by atoms with van der Waals surface area (Å²) in [5.74, 6) is 0.0386. The van der Waals surface area contributed by atoms with E-state index in [0.717, 1.165) is 25.8 Å². The maximum absolute atomic E-state index is 12.2. The third kappa shape index (κ3) is 1.90. The molecular formula is C13H17NO2. The number of nitrogens with zero attached hydrogens (tertiary/aromatic N) is 1. The van der Waals surface area contributed by atoms with Crippen molar-refractivity contribution < 1.29 is 9.90 Å². The van der Waals surface area contributed by atoms with Gasteiger partial charge >= 0.3 is 0 Å². The van der Waals surface area contributed by atoms with Crippen LogP contribution in [-0.4, -0.2) is 28.5 Å². The lowest BCUT2D eigenvalue weighted by molar-refractivity contribution is 0.0730. The molecule has 1 N–H and O–H groups in total. The van der Waals surface area contributed by atoms with Crippen LogP contribution in [0.25, 0.3) is 0 Å². The van der Waals surface area contributed by atoms with Crippen molar-refractivity contribution in [3.8, 4) is 5.75 Å². The van der Waals surface area contributed by atoms with Gasteiger partial charge in [-0.2, -0.15) is 0 Å². The second-order valence-electron chi connectivity index (χ2n) is 4.22. The lowest BCUT2D eigenvalue weighted by Gasteiger charge is -2.23. The minimum atomic E-state index is -0.0394. The van der Waals surface area contributed by atoms with Gasteiger partial charge in [0.15, 0.2) is 0 Å². The smallest absolute Gasteiger partial charge is 0.257 e. The highest BCUT2D eigenvalue weighted by molar-refractivity contribution is 5.97. The maximum Gasteiger partial charge on any atom is 0.257 e. The van der Waals surface area contributed by atoms with Gasteiger partial charge in [0, 0.05) is 12.6 Å². The number of phenols is 1. The fourth-order valence-corrected chi connectivity index (χ4v) is 2.34. The Balaban J connectivity index is 2.22. The van der Waals surface area contributed by atoms with Crippen LogP contribution in [0.2, 0.25) is 0 Å². The van der Waals surface area contributed by atoms with Crippen LogP contribution < -0.4 is 0 Å². The largest absolute Gasteiger partial charge is 0.507 e. The minimum Gasteiger partial charge on any atom is -0.507 e. The van der Waals surface area contributed by atoms with Crippen LogP contribution in [-0.2, 0) is 0 Å². The topological polar surface area (TPSA) is 40.5 Å². The highest BCUT2D eigenvalue weighted by Gasteiger charge is 2.28. The molecule has 0 aliphatic carbocycles. The number of carbonyl (C=O) groups excluding carboxylic acids is 1. The lowest BCUT2D eigenvalue weighted by Crippen LogP contribution is -2.35. The fraction of sp³-hybridized carbons (Fsp3) is 0.462. The number of phenolic OH excluding ortho intramolecular Hbond substituents is 1. The van der Waals surface area contributed by atoms with Gasteiger partial charge in [-0.25, -0.2) is 0 Å². The van der Waals surface area contributed by atoms with Crippen molar-refractivity contribution in [2.24, 2.45) is 0 Å². The Hall–Kier alpha value is -1.51. The summed E-state index contributed by atoms with van der Waals surface area (Å²) >= 11 is 0. The van der Waals surface area contributed by atoms with E-state index >= 15 is 0 Å². The van der Waals surface area contributed by atoms with E-state index in [1.54, 1.807) is 24.3 Å². The molecule has 1 aromatic carbocycles. The Kier molecular flexibility index (Phi) is 3.13. The summed E-state index contributed by atoms with van der Waals surface area (Å²) in [4.78, 5) is 14.1. The standard InChI is InChI=1S/C13H17NO2/c1-2-10-6-5-9-14(10)13(16)11-7-3-4-8-12(11)15/h3-4,7-8,10,15H,2,5-6,9H2,1H3. The first-order chi connectivity index (χ1) is 7.74. The Bertz CT molecular complexity index is 389. The predicted octanol–water partition coefficient (Wildman–Crippen LogP) is 2.41. The molecule has 0 radical (unpaired) electrons. The molecule has 2 rings (SSSR count). The first-order valence-corrected chi connectivity index (χ1v) is 5.83. The zero-order chi connectivity index (χ0) is 11.5. The summed E-state index contributed by atoms with van der Waals surface area (Å²) in [5.41, 5.74) is 0.419. The molecule has 1 atom stereocenters. The molecule has 1 unspecified atom stereocenters. The molecule has 1 aliphatic rings. The number of benzene rings is 1. The van der Waals surface area contributed by atoms with E-state index in [-0.39, 0.29) is 11.7 Å². The number of rotatable bonds is 2. The van der Waals surface area contributed by atoms with Crippen molar-refractivity contribution in [1.82, 2.24) is 4.90 Å². The van der Waals surface area contributed by atoms with Crippen LogP contribution in [0, 0.1) is 0 Å². The summed E-state index contributed by atoms with van der Waals surface area (Å²) in [6.07, 6.45) is 3.13. The molecule has 1 fully saturated rings. The Labute approximate surface area is 95.7 Å². The Morgan fingerprint density at radius 2 is 2.25 bits per heavy atom. The van der Waals surface area contributed by atoms with E-state index < -0.39 is 0 Å². The average molecular weight is 219 g/mol. The number of amides is 1. The molecule has 16 heavy (non-hydrogen) atoms. The van der Waals surface area contributed by atoms with Gasteiger partial charge in [0.05, 0.1) is 5.56 Å². The lowest BCUT2D eigenvalue weighted by atomic mass is 10.1. The van der Waals surface area contributed by atoms with Crippen LogP contribution in [0.1, 0.15) is 36.5 Å². The first-order valence-electron chi connectivity index (χ1n) is 5.83. The van der Waals surface area contributed by atoms with Crippen LogP contribution in [0.3, 0.4) is 0 Å². The van der Waals surface area contributed by atoms with Crippen molar-refractivity contribution in [2.75, 3.05) is 6.54 Å². The summed E-state index contributed by atoms with van der Waals surface area (Å²) in [7, 11) is 0. The first kappa shape index (κ1) is 11.0. The van der Waals surface area contributed by atoms with Gasteiger partial charge in [-0.1, -0.05) is 19.1 Å². The highest BCUT2D eigenvalue weighted by Crippen LogP contribution is 2.25. The highest BCUT2D eigenvalue weighted by atomic mass is 16.3. The van der Waals surface area contributed by atoms with Crippen molar-refractivity contribution in [3.05, 3.63) is 29.8 Å². The molecule has 1 aliphatic heterocycles. The zero-order valence-electron chi connectivity index (χ0n) is 9.52. The molecule has 0 saturated carbocycles. The number of likely N-dealkylation sites (tertiary alicyclic amines) is 1. The number of aromatic hydroxyl groups is 1. The Morgan fingerprint density at radius 1 is 1.50 bits per heavy atom. The predicted molar refractivity (Wildman–Crippen MR) is 62.5 cm³/mol. The Morgan fingerprint density at radius 3 is 2.94 bits per heavy atom. The monoisotopic (exact) mass is 219 g/mol. The molecule has 86 valence electrons. The fourth-order valence-electron chi connectivity index (χ4n) is 2.34. The molecule has 1 saturated heterocycles. The van der Waals surface area contributed by atoms with Gasteiger partial charge < -0.3 is 10.0 Å². The minimum absolute atomic E-state index is 0.0394. The number of hydrogen-bond donors (Lipinski definition) is 1. The third-order valence-electron chi connectivity index (χ3n) is 3.24. The SMILES string of the molecule is CCC1CCCN1C(=O)c1ccccc1O. The summed E-state index contributed by atoms with van der Waals surface area (Å²) < 4.78 is 0. The number of hydrogen-bond acceptors (Lipinski definition) is 2. The van der Waals surface area contributed by atoms with E-state index in [0.29, 0.717) is 11.6 Å². The molecule has 1 heterocycles. The zero-order valence-corrected chi connectivity index (χ0v) is 9.52. The van der Waals surface area contributed by atoms with Crippen LogP contribution in [0.15, 0.2) is 24.3 Å². The van der Waals surface area contributed by atoms with Crippen LogP contribution >= 0.6 is 0 Å². The third-order valence-corrected chi connectivity index (χ3v) is 3.24. The van der Waals surface area contributed by atoms with E-state index in [1.807, 2.05) is 4.90 Å².